The smallest absolute Gasteiger partial charge is 0.0538 e. The summed E-state index contributed by atoms with van der Waals surface area (Å²) in [5, 5.41) is 3.36. The van der Waals surface area contributed by atoms with Gasteiger partial charge in [-0.15, -0.1) is 0 Å². The van der Waals surface area contributed by atoms with Gasteiger partial charge in [0, 0.05) is 0 Å². The Morgan fingerprint density at radius 1 is 1.67 bits per heavy atom. The van der Waals surface area contributed by atoms with Gasteiger partial charge in [-0.3, -0.25) is 0 Å². The van der Waals surface area contributed by atoms with Crippen LogP contribution >= 0.6 is 0 Å². The summed E-state index contributed by atoms with van der Waals surface area (Å²) in [6.45, 7) is 0. The summed E-state index contributed by atoms with van der Waals surface area (Å²) in [6, 6.07) is 10.3. The highest BCUT2D eigenvalue weighted by Gasteiger charge is 1.79. The number of hydrogen-bond donors (Lipinski definition) is 1. The Bertz CT molecular complexity index is 191. The number of nitrogens with two attached hydrogens (primary N) is 1. The van der Waals surface area contributed by atoms with Gasteiger partial charge in [0.05, 0.1) is 6.21 Å². The number of hydrazone groups is 1. The van der Waals surface area contributed by atoms with Crippen LogP contribution in [0.5, 0.6) is 0 Å². The van der Waals surface area contributed by atoms with E-state index in [0.29, 0.717) is 0 Å². The summed E-state index contributed by atoms with van der Waals surface area (Å²) in [5.41, 5.74) is 0.972. The van der Waals surface area contributed by atoms with Gasteiger partial charge in [-0.1, -0.05) is 18.2 Å². The highest BCUT2D eigenvalue weighted by molar-refractivity contribution is 5.78. The van der Waals surface area contributed by atoms with Crippen LogP contribution in [0.15, 0.2) is 29.4 Å². The fourth-order valence-electron chi connectivity index (χ4n) is 0.574. The van der Waals surface area contributed by atoms with E-state index in [2.05, 4.69) is 11.2 Å². The van der Waals surface area contributed by atoms with Crippen molar-refractivity contribution in [1.29, 1.82) is 0 Å². The van der Waals surface area contributed by atoms with Gasteiger partial charge < -0.3 is 5.84 Å². The first-order valence-electron chi connectivity index (χ1n) is 2.63. The minimum atomic E-state index is 0.972. The van der Waals surface area contributed by atoms with Crippen molar-refractivity contribution >= 4 is 6.21 Å². The molecule has 2 heteroatoms. The van der Waals surface area contributed by atoms with Crippen LogP contribution in [-0.2, 0) is 0 Å². The molecule has 0 spiro atoms. The zero-order valence-electron chi connectivity index (χ0n) is 4.91. The van der Waals surface area contributed by atoms with E-state index in [1.807, 2.05) is 24.3 Å². The largest absolute Gasteiger partial charge is 0.323 e. The molecule has 1 rings (SSSR count). The van der Waals surface area contributed by atoms with Crippen molar-refractivity contribution < 1.29 is 0 Å². The average Bonchev–Trinajstić information content (AvgIpc) is 1.91. The van der Waals surface area contributed by atoms with Gasteiger partial charge in [-0.2, -0.15) is 5.10 Å². The van der Waals surface area contributed by atoms with Crippen molar-refractivity contribution in [2.24, 2.45) is 10.9 Å². The lowest BCUT2D eigenvalue weighted by Gasteiger charge is -1.85. The van der Waals surface area contributed by atoms with Gasteiger partial charge in [0.15, 0.2) is 0 Å². The van der Waals surface area contributed by atoms with Crippen LogP contribution in [0.25, 0.3) is 0 Å². The molecule has 1 aromatic carbocycles. The Kier molecular flexibility index (Phi) is 1.85. The molecule has 0 aliphatic carbocycles. The Morgan fingerprint density at radius 2 is 2.56 bits per heavy atom. The third-order valence-corrected chi connectivity index (χ3v) is 0.955. The van der Waals surface area contributed by atoms with Crippen LogP contribution in [0.3, 0.4) is 0 Å². The first-order valence-corrected chi connectivity index (χ1v) is 2.63. The van der Waals surface area contributed by atoms with Crippen molar-refractivity contribution in [1.82, 2.24) is 0 Å². The van der Waals surface area contributed by atoms with Crippen molar-refractivity contribution in [3.05, 3.63) is 35.9 Å². The number of rotatable bonds is 1. The zero-order chi connectivity index (χ0) is 6.53. The van der Waals surface area contributed by atoms with Gasteiger partial charge in [0.2, 0.25) is 0 Å². The molecular formula is C7H7N2. The van der Waals surface area contributed by atoms with E-state index in [-0.39, 0.29) is 0 Å². The van der Waals surface area contributed by atoms with E-state index in [9.17, 15) is 0 Å². The molecule has 0 unspecified atom stereocenters. The van der Waals surface area contributed by atoms with E-state index in [4.69, 9.17) is 5.84 Å². The summed E-state index contributed by atoms with van der Waals surface area (Å²) in [7, 11) is 0. The molecule has 0 amide bonds. The first kappa shape index (κ1) is 5.82. The van der Waals surface area contributed by atoms with Gasteiger partial charge >= 0.3 is 0 Å². The zero-order valence-corrected chi connectivity index (χ0v) is 4.91. The van der Waals surface area contributed by atoms with Crippen molar-refractivity contribution in [2.75, 3.05) is 0 Å². The summed E-state index contributed by atoms with van der Waals surface area (Å²) in [4.78, 5) is 0. The molecule has 0 bridgehead atoms. The molecule has 9 heavy (non-hydrogen) atoms. The summed E-state index contributed by atoms with van der Waals surface area (Å²) < 4.78 is 0. The second-order valence-corrected chi connectivity index (χ2v) is 1.61. The number of nitrogens with zero attached hydrogens (tertiary/aromatic N) is 1. The lowest BCUT2D eigenvalue weighted by atomic mass is 10.2. The number of hydrogen-bond acceptors (Lipinski definition) is 2. The van der Waals surface area contributed by atoms with Crippen molar-refractivity contribution in [3.63, 3.8) is 0 Å². The van der Waals surface area contributed by atoms with Crippen molar-refractivity contribution in [2.45, 2.75) is 0 Å². The Labute approximate surface area is 54.0 Å². The third kappa shape index (κ3) is 1.57. The molecule has 0 atom stereocenters. The third-order valence-electron chi connectivity index (χ3n) is 0.955. The van der Waals surface area contributed by atoms with Gasteiger partial charge in [0.1, 0.15) is 0 Å². The molecule has 2 N–H and O–H groups in total. The quantitative estimate of drug-likeness (QED) is 0.331. The molecule has 0 aromatic heterocycles. The molecule has 0 heterocycles. The molecule has 0 saturated carbocycles. The predicted octanol–water partition coefficient (Wildman–Crippen LogP) is 0.779. The van der Waals surface area contributed by atoms with E-state index < -0.39 is 0 Å². The van der Waals surface area contributed by atoms with E-state index in [1.165, 1.54) is 0 Å². The van der Waals surface area contributed by atoms with Crippen LogP contribution in [0.2, 0.25) is 0 Å². The van der Waals surface area contributed by atoms with Crippen molar-refractivity contribution in [3.8, 4) is 0 Å². The second-order valence-electron chi connectivity index (χ2n) is 1.61. The van der Waals surface area contributed by atoms with Gasteiger partial charge in [-0.25, -0.2) is 0 Å². The maximum absolute atomic E-state index is 4.92. The van der Waals surface area contributed by atoms with Gasteiger partial charge in [0.25, 0.3) is 0 Å². The SMILES string of the molecule is N/N=C\c1c[c]ccc1. The molecule has 0 saturated heterocycles. The summed E-state index contributed by atoms with van der Waals surface area (Å²) >= 11 is 0. The van der Waals surface area contributed by atoms with Crippen LogP contribution in [0.4, 0.5) is 0 Å². The molecule has 1 aromatic rings. The molecule has 2 nitrogen and oxygen atoms in total. The maximum atomic E-state index is 4.92. The van der Waals surface area contributed by atoms with Crippen LogP contribution < -0.4 is 5.84 Å². The molecule has 0 aliphatic rings. The number of benzene rings is 1. The van der Waals surface area contributed by atoms with E-state index in [1.54, 1.807) is 6.21 Å². The maximum Gasteiger partial charge on any atom is 0.0538 e. The predicted molar refractivity (Wildman–Crippen MR) is 37.1 cm³/mol. The molecule has 0 aliphatic heterocycles. The normalized spacial score (nSPS) is 10.2. The fourth-order valence-corrected chi connectivity index (χ4v) is 0.574. The Morgan fingerprint density at radius 3 is 3.11 bits per heavy atom. The summed E-state index contributed by atoms with van der Waals surface area (Å²) in [6.07, 6.45) is 1.58. The second kappa shape index (κ2) is 2.87. The lowest BCUT2D eigenvalue weighted by Crippen LogP contribution is -1.84. The first-order chi connectivity index (χ1) is 4.43. The van der Waals surface area contributed by atoms with Crippen LogP contribution in [0.1, 0.15) is 5.56 Å². The minimum Gasteiger partial charge on any atom is -0.323 e. The Hall–Kier alpha value is -1.31. The van der Waals surface area contributed by atoms with Crippen LogP contribution in [0, 0.1) is 6.07 Å². The summed E-state index contributed by atoms with van der Waals surface area (Å²) in [5.74, 6) is 4.92. The standard InChI is InChI=1S/C7H7N2/c8-9-6-7-4-2-1-3-5-7/h1-2,4-6H,8H2/b9-6-. The fraction of sp³-hybridized carbons (Fsp3) is 0. The minimum absolute atomic E-state index is 0.972. The molecular weight excluding hydrogens is 112 g/mol. The van der Waals surface area contributed by atoms with E-state index in [0.717, 1.165) is 5.56 Å². The lowest BCUT2D eigenvalue weighted by molar-refractivity contribution is 1.26. The highest BCUT2D eigenvalue weighted by atomic mass is 15.1. The Balaban J connectivity index is 2.85. The molecule has 1 radical (unpaired) electrons. The highest BCUT2D eigenvalue weighted by Crippen LogP contribution is 1.91. The average molecular weight is 119 g/mol. The van der Waals surface area contributed by atoms with Gasteiger partial charge in [-0.05, 0) is 17.7 Å². The van der Waals surface area contributed by atoms with E-state index >= 15 is 0 Å². The molecule has 45 valence electrons. The molecule has 0 fully saturated rings. The monoisotopic (exact) mass is 119 g/mol. The van der Waals surface area contributed by atoms with Crippen LogP contribution in [-0.4, -0.2) is 6.21 Å². The topological polar surface area (TPSA) is 38.4 Å².